The summed E-state index contributed by atoms with van der Waals surface area (Å²) in [4.78, 5) is 12.3. The summed E-state index contributed by atoms with van der Waals surface area (Å²) in [5.41, 5.74) is 13.5. The molecule has 0 fully saturated rings. The number of benzene rings is 2. The van der Waals surface area contributed by atoms with Crippen LogP contribution < -0.4 is 21.6 Å². The minimum absolute atomic E-state index is 0.176. The Labute approximate surface area is 120 Å². The van der Waals surface area contributed by atoms with Gasteiger partial charge in [0, 0.05) is 23.0 Å². The first kappa shape index (κ1) is 13.1. The van der Waals surface area contributed by atoms with Gasteiger partial charge in [-0.15, -0.1) is 0 Å². The normalized spacial score (nSPS) is 10.7. The zero-order valence-corrected chi connectivity index (χ0v) is 11.4. The van der Waals surface area contributed by atoms with Crippen LogP contribution in [0.3, 0.4) is 0 Å². The number of nitrogens with two attached hydrogens (primary N) is 2. The molecule has 21 heavy (non-hydrogen) atoms. The van der Waals surface area contributed by atoms with E-state index >= 15 is 0 Å². The van der Waals surface area contributed by atoms with Gasteiger partial charge in [0.1, 0.15) is 22.5 Å². The van der Waals surface area contributed by atoms with E-state index in [1.165, 1.54) is 13.2 Å². The third kappa shape index (κ3) is 2.29. The van der Waals surface area contributed by atoms with Crippen molar-refractivity contribution in [3.8, 4) is 17.1 Å². The number of anilines is 2. The molecule has 0 aliphatic rings. The van der Waals surface area contributed by atoms with Gasteiger partial charge in [0.15, 0.2) is 5.43 Å². The molecule has 1 aromatic heterocycles. The van der Waals surface area contributed by atoms with Crippen LogP contribution in [0.4, 0.5) is 11.4 Å². The highest BCUT2D eigenvalue weighted by Crippen LogP contribution is 2.29. The lowest BCUT2D eigenvalue weighted by Gasteiger charge is -2.07. The highest BCUT2D eigenvalue weighted by Gasteiger charge is 2.11. The number of hydrogen-bond acceptors (Lipinski definition) is 5. The lowest BCUT2D eigenvalue weighted by Crippen LogP contribution is -2.03. The molecule has 0 saturated heterocycles. The molecule has 3 rings (SSSR count). The molecule has 0 radical (unpaired) electrons. The summed E-state index contributed by atoms with van der Waals surface area (Å²) in [6, 6.07) is 11.7. The maximum atomic E-state index is 12.3. The highest BCUT2D eigenvalue weighted by molar-refractivity contribution is 5.85. The van der Waals surface area contributed by atoms with Crippen molar-refractivity contribution in [2.45, 2.75) is 0 Å². The van der Waals surface area contributed by atoms with E-state index < -0.39 is 0 Å². The summed E-state index contributed by atoms with van der Waals surface area (Å²) in [7, 11) is 1.51. The summed E-state index contributed by atoms with van der Waals surface area (Å²) in [6.07, 6.45) is 0. The van der Waals surface area contributed by atoms with Gasteiger partial charge < -0.3 is 20.6 Å². The molecule has 2 aromatic carbocycles. The average molecular weight is 282 g/mol. The Kier molecular flexibility index (Phi) is 3.02. The first-order valence-corrected chi connectivity index (χ1v) is 6.36. The molecule has 0 unspecified atom stereocenters. The van der Waals surface area contributed by atoms with E-state index in [1.807, 2.05) is 0 Å². The fourth-order valence-electron chi connectivity index (χ4n) is 2.31. The second kappa shape index (κ2) is 4.86. The SMILES string of the molecule is COc1cccc2oc(-c3cc(N)cc(N)c3)cc(=O)c12. The van der Waals surface area contributed by atoms with E-state index in [9.17, 15) is 4.79 Å². The van der Waals surface area contributed by atoms with Crippen LogP contribution in [0.5, 0.6) is 5.75 Å². The van der Waals surface area contributed by atoms with E-state index in [0.717, 1.165) is 0 Å². The fraction of sp³-hybridized carbons (Fsp3) is 0.0625. The maximum Gasteiger partial charge on any atom is 0.197 e. The zero-order valence-electron chi connectivity index (χ0n) is 11.4. The molecule has 0 aliphatic carbocycles. The lowest BCUT2D eigenvalue weighted by atomic mass is 10.1. The second-order valence-electron chi connectivity index (χ2n) is 4.70. The van der Waals surface area contributed by atoms with E-state index in [2.05, 4.69) is 0 Å². The number of fused-ring (bicyclic) bond motifs is 1. The van der Waals surface area contributed by atoms with Gasteiger partial charge in [0.25, 0.3) is 0 Å². The predicted molar refractivity (Wildman–Crippen MR) is 83.3 cm³/mol. The number of nitrogen functional groups attached to an aromatic ring is 2. The number of hydrogen-bond donors (Lipinski definition) is 2. The monoisotopic (exact) mass is 282 g/mol. The van der Waals surface area contributed by atoms with Crippen molar-refractivity contribution in [1.29, 1.82) is 0 Å². The summed E-state index contributed by atoms with van der Waals surface area (Å²) >= 11 is 0. The molecule has 0 atom stereocenters. The molecule has 0 spiro atoms. The highest BCUT2D eigenvalue weighted by atomic mass is 16.5. The quantitative estimate of drug-likeness (QED) is 0.705. The van der Waals surface area contributed by atoms with Crippen molar-refractivity contribution < 1.29 is 9.15 Å². The minimum Gasteiger partial charge on any atom is -0.496 e. The Morgan fingerprint density at radius 1 is 1.05 bits per heavy atom. The molecule has 1 heterocycles. The van der Waals surface area contributed by atoms with Gasteiger partial charge in [-0.2, -0.15) is 0 Å². The molecule has 0 bridgehead atoms. The van der Waals surface area contributed by atoms with Crippen LogP contribution >= 0.6 is 0 Å². The van der Waals surface area contributed by atoms with Crippen LogP contribution in [-0.4, -0.2) is 7.11 Å². The Bertz CT molecular complexity index is 864. The van der Waals surface area contributed by atoms with Gasteiger partial charge >= 0.3 is 0 Å². The van der Waals surface area contributed by atoms with Crippen molar-refractivity contribution in [3.05, 3.63) is 52.7 Å². The molecular formula is C16H14N2O3. The van der Waals surface area contributed by atoms with Crippen LogP contribution in [0.1, 0.15) is 0 Å². The van der Waals surface area contributed by atoms with Gasteiger partial charge in [0.05, 0.1) is 7.11 Å². The molecule has 106 valence electrons. The van der Waals surface area contributed by atoms with Crippen molar-refractivity contribution in [2.75, 3.05) is 18.6 Å². The Morgan fingerprint density at radius 2 is 1.76 bits per heavy atom. The summed E-state index contributed by atoms with van der Waals surface area (Å²) < 4.78 is 11.0. The van der Waals surface area contributed by atoms with Gasteiger partial charge in [-0.05, 0) is 30.3 Å². The van der Waals surface area contributed by atoms with Gasteiger partial charge in [-0.1, -0.05) is 6.07 Å². The zero-order chi connectivity index (χ0) is 15.0. The third-order valence-electron chi connectivity index (χ3n) is 3.20. The summed E-state index contributed by atoms with van der Waals surface area (Å²) in [6.45, 7) is 0. The Morgan fingerprint density at radius 3 is 2.43 bits per heavy atom. The van der Waals surface area contributed by atoms with Crippen molar-refractivity contribution >= 4 is 22.3 Å². The topological polar surface area (TPSA) is 91.5 Å². The van der Waals surface area contributed by atoms with Gasteiger partial charge in [0.2, 0.25) is 0 Å². The first-order chi connectivity index (χ1) is 10.1. The van der Waals surface area contributed by atoms with E-state index in [0.29, 0.717) is 39.4 Å². The summed E-state index contributed by atoms with van der Waals surface area (Å²) in [5, 5.41) is 0.417. The standard InChI is InChI=1S/C16H14N2O3/c1-20-13-3-2-4-14-16(13)12(19)8-15(21-14)9-5-10(17)7-11(18)6-9/h2-8H,17-18H2,1H3. The van der Waals surface area contributed by atoms with Gasteiger partial charge in [-0.3, -0.25) is 4.79 Å². The lowest BCUT2D eigenvalue weighted by molar-refractivity contribution is 0.419. The van der Waals surface area contributed by atoms with Crippen molar-refractivity contribution in [1.82, 2.24) is 0 Å². The Hall–Kier alpha value is -2.95. The summed E-state index contributed by atoms with van der Waals surface area (Å²) in [5.74, 6) is 0.902. The van der Waals surface area contributed by atoms with Crippen molar-refractivity contribution in [2.24, 2.45) is 0 Å². The van der Waals surface area contributed by atoms with E-state index in [1.54, 1.807) is 36.4 Å². The maximum absolute atomic E-state index is 12.3. The van der Waals surface area contributed by atoms with Crippen LogP contribution in [0, 0.1) is 0 Å². The molecule has 0 saturated carbocycles. The molecule has 0 aliphatic heterocycles. The smallest absolute Gasteiger partial charge is 0.197 e. The largest absolute Gasteiger partial charge is 0.496 e. The predicted octanol–water partition coefficient (Wildman–Crippen LogP) is 2.63. The average Bonchev–Trinajstić information content (AvgIpc) is 2.45. The van der Waals surface area contributed by atoms with Gasteiger partial charge in [-0.25, -0.2) is 0 Å². The first-order valence-electron chi connectivity index (χ1n) is 6.36. The van der Waals surface area contributed by atoms with Crippen LogP contribution in [0.25, 0.3) is 22.3 Å². The van der Waals surface area contributed by atoms with E-state index in [-0.39, 0.29) is 5.43 Å². The van der Waals surface area contributed by atoms with Crippen LogP contribution in [0.2, 0.25) is 0 Å². The van der Waals surface area contributed by atoms with Crippen LogP contribution in [0.15, 0.2) is 51.7 Å². The second-order valence-corrected chi connectivity index (χ2v) is 4.70. The number of methoxy groups -OCH3 is 1. The molecule has 3 aromatic rings. The van der Waals surface area contributed by atoms with Crippen molar-refractivity contribution in [3.63, 3.8) is 0 Å². The third-order valence-corrected chi connectivity index (χ3v) is 3.20. The molecule has 0 amide bonds. The van der Waals surface area contributed by atoms with E-state index in [4.69, 9.17) is 20.6 Å². The minimum atomic E-state index is -0.176. The number of ether oxygens (including phenoxy) is 1. The molecular weight excluding hydrogens is 268 g/mol. The van der Waals surface area contributed by atoms with Crippen LogP contribution in [-0.2, 0) is 0 Å². The molecule has 5 heteroatoms. The molecule has 4 N–H and O–H groups in total. The number of rotatable bonds is 2. The fourth-order valence-corrected chi connectivity index (χ4v) is 2.31. The Balaban J connectivity index is 2.28. The molecule has 5 nitrogen and oxygen atoms in total.